The zero-order valence-corrected chi connectivity index (χ0v) is 15.3. The minimum Gasteiger partial charge on any atom is -0.354 e. The van der Waals surface area contributed by atoms with E-state index in [-0.39, 0.29) is 36.9 Å². The summed E-state index contributed by atoms with van der Waals surface area (Å²) in [6, 6.07) is 0. The normalized spacial score (nSPS) is 11.4. The van der Waals surface area contributed by atoms with Gasteiger partial charge in [-0.2, -0.15) is 0 Å². The van der Waals surface area contributed by atoms with E-state index in [0.717, 1.165) is 4.57 Å². The van der Waals surface area contributed by atoms with Crippen LogP contribution in [0, 0.1) is 0 Å². The van der Waals surface area contributed by atoms with Gasteiger partial charge in [0.2, 0.25) is 5.91 Å². The van der Waals surface area contributed by atoms with Crippen LogP contribution in [-0.4, -0.2) is 41.4 Å². The van der Waals surface area contributed by atoms with E-state index < -0.39 is 24.8 Å². The van der Waals surface area contributed by atoms with Crippen molar-refractivity contribution in [1.82, 2.24) is 14.9 Å². The third-order valence-corrected chi connectivity index (χ3v) is 5.28. The summed E-state index contributed by atoms with van der Waals surface area (Å²) in [6.07, 6.45) is 1.26. The van der Waals surface area contributed by atoms with E-state index in [2.05, 4.69) is 26.2 Å². The minimum atomic E-state index is -3.22. The Morgan fingerprint density at radius 2 is 1.96 bits per heavy atom. The number of nitrogens with one attached hydrogen (secondary N) is 2. The molecular weight excluding hydrogens is 393 g/mol. The Morgan fingerprint density at radius 1 is 1.35 bits per heavy atom. The predicted molar refractivity (Wildman–Crippen MR) is 87.8 cm³/mol. The lowest BCUT2D eigenvalue weighted by atomic mass is 10.5. The van der Waals surface area contributed by atoms with Crippen LogP contribution in [0.3, 0.4) is 0 Å². The third kappa shape index (κ3) is 6.42. The van der Waals surface area contributed by atoms with Crippen LogP contribution in [0.5, 0.6) is 0 Å². The van der Waals surface area contributed by atoms with Gasteiger partial charge in [0, 0.05) is 12.7 Å². The molecule has 0 aliphatic heterocycles. The third-order valence-electron chi connectivity index (χ3n) is 2.64. The maximum atomic E-state index is 12.2. The number of hydrogen-bond donors (Lipinski definition) is 2. The van der Waals surface area contributed by atoms with Crippen LogP contribution in [0.2, 0.25) is 0 Å². The minimum absolute atomic E-state index is 0.0324. The molecule has 0 radical (unpaired) electrons. The Bertz CT molecular complexity index is 691. The number of aromatic amines is 1. The Balaban J connectivity index is 2.58. The summed E-state index contributed by atoms with van der Waals surface area (Å²) in [5.41, 5.74) is -1.26. The molecule has 1 aromatic rings. The molecule has 0 aliphatic rings. The average Bonchev–Trinajstić information content (AvgIpc) is 2.45. The molecule has 0 aromatic carbocycles. The number of nitrogens with zero attached hydrogens (tertiary/aromatic N) is 1. The molecule has 1 amide bonds. The number of amides is 1. The lowest BCUT2D eigenvalue weighted by Crippen LogP contribution is -2.36. The van der Waals surface area contributed by atoms with Crippen LogP contribution < -0.4 is 16.6 Å². The summed E-state index contributed by atoms with van der Waals surface area (Å²) in [7, 11) is -3.22. The predicted octanol–water partition coefficient (Wildman–Crippen LogP) is 0.681. The molecule has 23 heavy (non-hydrogen) atoms. The van der Waals surface area contributed by atoms with Gasteiger partial charge in [-0.25, -0.2) is 4.79 Å². The fourth-order valence-corrected chi connectivity index (χ4v) is 3.55. The molecule has 0 unspecified atom stereocenters. The molecule has 1 rings (SSSR count). The topological polar surface area (TPSA) is 119 Å². The summed E-state index contributed by atoms with van der Waals surface area (Å²) < 4.78 is 23.6. The van der Waals surface area contributed by atoms with E-state index in [1.807, 2.05) is 0 Å². The van der Waals surface area contributed by atoms with Crippen molar-refractivity contribution in [2.24, 2.45) is 0 Å². The lowest BCUT2D eigenvalue weighted by Gasteiger charge is -2.17. The molecule has 9 nitrogen and oxygen atoms in total. The van der Waals surface area contributed by atoms with Crippen molar-refractivity contribution < 1.29 is 18.4 Å². The van der Waals surface area contributed by atoms with Gasteiger partial charge in [0.05, 0.1) is 23.8 Å². The highest BCUT2D eigenvalue weighted by molar-refractivity contribution is 9.10. The molecule has 0 aliphatic carbocycles. The Hall–Kier alpha value is -1.22. The van der Waals surface area contributed by atoms with Gasteiger partial charge in [-0.05, 0) is 29.8 Å². The van der Waals surface area contributed by atoms with Crippen molar-refractivity contribution in [3.8, 4) is 0 Å². The Morgan fingerprint density at radius 3 is 2.52 bits per heavy atom. The number of H-pyrrole nitrogens is 1. The fourth-order valence-electron chi connectivity index (χ4n) is 1.70. The second-order valence-corrected chi connectivity index (χ2v) is 7.42. The van der Waals surface area contributed by atoms with E-state index >= 15 is 0 Å². The van der Waals surface area contributed by atoms with Gasteiger partial charge in [0.15, 0.2) is 0 Å². The zero-order valence-electron chi connectivity index (χ0n) is 12.8. The number of carbonyl (C=O) groups excluding carboxylic acids is 1. The highest BCUT2D eigenvalue weighted by atomic mass is 79.9. The van der Waals surface area contributed by atoms with E-state index in [4.69, 9.17) is 9.05 Å². The fraction of sp³-hybridized carbons (Fsp3) is 0.583. The van der Waals surface area contributed by atoms with E-state index in [0.29, 0.717) is 0 Å². The van der Waals surface area contributed by atoms with E-state index in [1.165, 1.54) is 6.20 Å². The van der Waals surface area contributed by atoms with Crippen molar-refractivity contribution in [3.63, 3.8) is 0 Å². The van der Waals surface area contributed by atoms with Crippen molar-refractivity contribution >= 4 is 29.4 Å². The molecule has 2 N–H and O–H groups in total. The number of halogens is 1. The molecule has 130 valence electrons. The summed E-state index contributed by atoms with van der Waals surface area (Å²) in [4.78, 5) is 36.6. The van der Waals surface area contributed by atoms with Crippen LogP contribution in [-0.2, 0) is 25.0 Å². The Labute approximate surface area is 141 Å². The van der Waals surface area contributed by atoms with Gasteiger partial charge < -0.3 is 14.4 Å². The number of carbonyl (C=O) groups is 1. The van der Waals surface area contributed by atoms with Crippen LogP contribution in [0.15, 0.2) is 20.3 Å². The van der Waals surface area contributed by atoms with Crippen molar-refractivity contribution in [2.75, 3.05) is 25.9 Å². The maximum Gasteiger partial charge on any atom is 0.332 e. The summed E-state index contributed by atoms with van der Waals surface area (Å²) >= 11 is 2.98. The molecule has 0 bridgehead atoms. The average molecular weight is 412 g/mol. The molecule has 0 saturated heterocycles. The molecular formula is C12H19BrN3O6P. The summed E-state index contributed by atoms with van der Waals surface area (Å²) in [5, 5.41) is 2.53. The number of hydrogen-bond acceptors (Lipinski definition) is 6. The number of aromatic nitrogens is 2. The standard InChI is InChI=1S/C12H19BrN3O6P/c1-3-21-23(20,22-4-2)6-5-14-10(17)8-16-7-9(13)11(18)15-12(16)19/h7H,3-6,8H2,1-2H3,(H,14,17)(H,15,18,19). The van der Waals surface area contributed by atoms with Crippen molar-refractivity contribution in [3.05, 3.63) is 31.5 Å². The van der Waals surface area contributed by atoms with Gasteiger partial charge in [-0.15, -0.1) is 0 Å². The van der Waals surface area contributed by atoms with Gasteiger partial charge in [-0.3, -0.25) is 23.7 Å². The smallest absolute Gasteiger partial charge is 0.332 e. The summed E-state index contributed by atoms with van der Waals surface area (Å²) in [6.45, 7) is 3.69. The second-order valence-electron chi connectivity index (χ2n) is 4.38. The lowest BCUT2D eigenvalue weighted by molar-refractivity contribution is -0.121. The van der Waals surface area contributed by atoms with Crippen LogP contribution in [0.4, 0.5) is 0 Å². The molecule has 1 aromatic heterocycles. The van der Waals surface area contributed by atoms with Gasteiger partial charge in [0.25, 0.3) is 5.56 Å². The van der Waals surface area contributed by atoms with Crippen molar-refractivity contribution in [1.29, 1.82) is 0 Å². The molecule has 11 heteroatoms. The highest BCUT2D eigenvalue weighted by Crippen LogP contribution is 2.47. The molecule has 0 spiro atoms. The monoisotopic (exact) mass is 411 g/mol. The zero-order chi connectivity index (χ0) is 17.5. The number of rotatable bonds is 9. The molecule has 0 atom stereocenters. The van der Waals surface area contributed by atoms with Gasteiger partial charge in [-0.1, -0.05) is 0 Å². The first-order valence-corrected chi connectivity index (χ1v) is 9.47. The van der Waals surface area contributed by atoms with Crippen LogP contribution in [0.1, 0.15) is 13.8 Å². The van der Waals surface area contributed by atoms with Gasteiger partial charge in [0.1, 0.15) is 6.54 Å². The van der Waals surface area contributed by atoms with E-state index in [1.54, 1.807) is 13.8 Å². The largest absolute Gasteiger partial charge is 0.354 e. The molecule has 1 heterocycles. The van der Waals surface area contributed by atoms with Crippen LogP contribution in [0.25, 0.3) is 0 Å². The van der Waals surface area contributed by atoms with Crippen LogP contribution >= 0.6 is 23.5 Å². The quantitative estimate of drug-likeness (QED) is 0.576. The molecule has 0 saturated carbocycles. The van der Waals surface area contributed by atoms with Crippen molar-refractivity contribution in [2.45, 2.75) is 20.4 Å². The van der Waals surface area contributed by atoms with E-state index in [9.17, 15) is 18.9 Å². The molecule has 0 fully saturated rings. The summed E-state index contributed by atoms with van der Waals surface area (Å²) in [5.74, 6) is -0.467. The second kappa shape index (κ2) is 9.17. The SMILES string of the molecule is CCOP(=O)(CCNC(=O)Cn1cc(Br)c(=O)[nH]c1=O)OCC. The Kier molecular flexibility index (Phi) is 7.90. The van der Waals surface area contributed by atoms with Gasteiger partial charge >= 0.3 is 13.3 Å². The first-order valence-electron chi connectivity index (χ1n) is 6.95. The maximum absolute atomic E-state index is 12.2. The first-order chi connectivity index (χ1) is 10.8. The highest BCUT2D eigenvalue weighted by Gasteiger charge is 2.23. The first kappa shape index (κ1) is 19.8.